The Bertz CT molecular complexity index is 1270. The van der Waals surface area contributed by atoms with Crippen molar-refractivity contribution < 1.29 is 17.6 Å². The van der Waals surface area contributed by atoms with Gasteiger partial charge in [0.15, 0.2) is 0 Å². The molecule has 1 aliphatic rings. The van der Waals surface area contributed by atoms with E-state index >= 15 is 0 Å². The number of hydrogen-bond acceptors (Lipinski definition) is 7. The lowest BCUT2D eigenvalue weighted by Gasteiger charge is -2.30. The summed E-state index contributed by atoms with van der Waals surface area (Å²) in [5, 5.41) is 11.0. The quantitative estimate of drug-likeness (QED) is 0.372. The molecule has 0 bridgehead atoms. The molecule has 0 aliphatic heterocycles. The molecule has 0 unspecified atom stereocenters. The van der Waals surface area contributed by atoms with Crippen LogP contribution in [-0.4, -0.2) is 47.2 Å². The molecule has 8 nitrogen and oxygen atoms in total. The molecule has 0 spiro atoms. The number of anilines is 1. The van der Waals surface area contributed by atoms with Crippen LogP contribution in [0.1, 0.15) is 67.8 Å². The Morgan fingerprint density at radius 2 is 1.72 bits per heavy atom. The molecule has 4 rings (SSSR count). The van der Waals surface area contributed by atoms with Gasteiger partial charge in [0.2, 0.25) is 15.9 Å². The number of nitrogens with one attached hydrogen (secondary N) is 1. The number of aromatic nitrogens is 2. The SMILES string of the molecule is CC(C)Sc1ccc(Cc2nnc(NC(=O)c3ccc(S(=O)(=O)N(C)C4CCCCC4)cc3)o2)cc1. The van der Waals surface area contributed by atoms with Gasteiger partial charge in [0.05, 0.1) is 11.3 Å². The van der Waals surface area contributed by atoms with E-state index in [1.807, 2.05) is 12.1 Å². The van der Waals surface area contributed by atoms with Gasteiger partial charge in [-0.15, -0.1) is 16.9 Å². The Labute approximate surface area is 216 Å². The highest BCUT2D eigenvalue weighted by Crippen LogP contribution is 2.27. The van der Waals surface area contributed by atoms with Gasteiger partial charge in [-0.05, 0) is 54.8 Å². The molecule has 1 aliphatic carbocycles. The molecule has 3 aromatic rings. The van der Waals surface area contributed by atoms with Gasteiger partial charge >= 0.3 is 6.01 Å². The number of thioether (sulfide) groups is 1. The van der Waals surface area contributed by atoms with Gasteiger partial charge in [-0.25, -0.2) is 8.42 Å². The van der Waals surface area contributed by atoms with E-state index < -0.39 is 15.9 Å². The van der Waals surface area contributed by atoms with Gasteiger partial charge < -0.3 is 4.42 Å². The molecule has 192 valence electrons. The zero-order valence-electron chi connectivity index (χ0n) is 20.8. The lowest BCUT2D eigenvalue weighted by Crippen LogP contribution is -2.38. The topological polar surface area (TPSA) is 105 Å². The maximum Gasteiger partial charge on any atom is 0.322 e. The molecule has 2 aromatic carbocycles. The highest BCUT2D eigenvalue weighted by Gasteiger charge is 2.29. The summed E-state index contributed by atoms with van der Waals surface area (Å²) < 4.78 is 33.1. The molecule has 1 amide bonds. The van der Waals surface area contributed by atoms with E-state index in [0.29, 0.717) is 23.1 Å². The van der Waals surface area contributed by atoms with Crippen molar-refractivity contribution in [2.24, 2.45) is 0 Å². The molecule has 1 N–H and O–H groups in total. The lowest BCUT2D eigenvalue weighted by molar-refractivity contribution is 0.102. The second kappa shape index (κ2) is 11.6. The van der Waals surface area contributed by atoms with Crippen LogP contribution in [0.25, 0.3) is 0 Å². The molecule has 1 aromatic heterocycles. The van der Waals surface area contributed by atoms with Gasteiger partial charge in [-0.1, -0.05) is 50.3 Å². The summed E-state index contributed by atoms with van der Waals surface area (Å²) in [5.74, 6) is -0.0633. The number of carbonyl (C=O) groups is 1. The third-order valence-electron chi connectivity index (χ3n) is 6.22. The van der Waals surface area contributed by atoms with E-state index in [9.17, 15) is 13.2 Å². The minimum atomic E-state index is -3.62. The van der Waals surface area contributed by atoms with Gasteiger partial charge in [-0.2, -0.15) is 4.31 Å². The zero-order chi connectivity index (χ0) is 25.7. The number of carbonyl (C=O) groups excluding carboxylic acids is 1. The second-order valence-electron chi connectivity index (χ2n) is 9.28. The van der Waals surface area contributed by atoms with E-state index in [2.05, 4.69) is 41.5 Å². The summed E-state index contributed by atoms with van der Waals surface area (Å²) in [4.78, 5) is 14.0. The Balaban J connectivity index is 1.36. The van der Waals surface area contributed by atoms with Gasteiger partial charge in [0, 0.05) is 28.8 Å². The number of sulfonamides is 1. The molecular formula is C26H32N4O4S2. The zero-order valence-corrected chi connectivity index (χ0v) is 22.4. The average Bonchev–Trinajstić information content (AvgIpc) is 3.31. The van der Waals surface area contributed by atoms with E-state index in [1.165, 1.54) is 33.5 Å². The highest BCUT2D eigenvalue weighted by atomic mass is 32.2. The number of nitrogens with zero attached hydrogens (tertiary/aromatic N) is 3. The van der Waals surface area contributed by atoms with Crippen molar-refractivity contribution in [1.29, 1.82) is 0 Å². The fraction of sp³-hybridized carbons (Fsp3) is 0.423. The normalized spacial score (nSPS) is 14.9. The Morgan fingerprint density at radius 1 is 1.06 bits per heavy atom. The Morgan fingerprint density at radius 3 is 2.36 bits per heavy atom. The maximum atomic E-state index is 13.0. The minimum Gasteiger partial charge on any atom is -0.407 e. The van der Waals surface area contributed by atoms with Crippen LogP contribution in [0.5, 0.6) is 0 Å². The van der Waals surface area contributed by atoms with Crippen molar-refractivity contribution >= 4 is 33.7 Å². The summed E-state index contributed by atoms with van der Waals surface area (Å²) in [6.45, 7) is 4.31. The van der Waals surface area contributed by atoms with Gasteiger partial charge in [0.1, 0.15) is 0 Å². The van der Waals surface area contributed by atoms with Crippen molar-refractivity contribution in [1.82, 2.24) is 14.5 Å². The summed E-state index contributed by atoms with van der Waals surface area (Å²) in [6, 6.07) is 14.1. The first-order chi connectivity index (χ1) is 17.2. The average molecular weight is 529 g/mol. The monoisotopic (exact) mass is 528 g/mol. The van der Waals surface area contributed by atoms with Crippen LogP contribution in [0.3, 0.4) is 0 Å². The predicted octanol–water partition coefficient (Wildman–Crippen LogP) is 5.37. The largest absolute Gasteiger partial charge is 0.407 e. The third-order valence-corrected chi connectivity index (χ3v) is 9.16. The first-order valence-electron chi connectivity index (χ1n) is 12.2. The van der Waals surface area contributed by atoms with Crippen LogP contribution in [0.15, 0.2) is 62.7 Å². The molecule has 0 atom stereocenters. The molecule has 1 fully saturated rings. The van der Waals surface area contributed by atoms with E-state index in [1.54, 1.807) is 18.8 Å². The van der Waals surface area contributed by atoms with Gasteiger partial charge in [-0.3, -0.25) is 10.1 Å². The van der Waals surface area contributed by atoms with Crippen molar-refractivity contribution in [3.8, 4) is 0 Å². The molecule has 10 heteroatoms. The smallest absolute Gasteiger partial charge is 0.322 e. The number of rotatable bonds is 9. The molecular weight excluding hydrogens is 496 g/mol. The van der Waals surface area contributed by atoms with Crippen LogP contribution in [0.2, 0.25) is 0 Å². The van der Waals surface area contributed by atoms with E-state index in [4.69, 9.17) is 4.42 Å². The van der Waals surface area contributed by atoms with Crippen molar-refractivity contribution in [2.75, 3.05) is 12.4 Å². The molecule has 36 heavy (non-hydrogen) atoms. The molecule has 0 saturated heterocycles. The van der Waals surface area contributed by atoms with Crippen LogP contribution in [0, 0.1) is 0 Å². The standard InChI is InChI=1S/C26H32N4O4S2/c1-18(2)35-22-13-9-19(10-14-22)17-24-28-29-26(34-24)27-25(31)20-11-15-23(16-12-20)36(32,33)30(3)21-7-5-4-6-8-21/h9-16,18,21H,4-8,17H2,1-3H3,(H,27,29,31). The Kier molecular flexibility index (Phi) is 8.48. The fourth-order valence-corrected chi connectivity index (χ4v) is 6.52. The first-order valence-corrected chi connectivity index (χ1v) is 14.5. The van der Waals surface area contributed by atoms with Crippen LogP contribution < -0.4 is 5.32 Å². The molecule has 1 heterocycles. The second-order valence-corrected chi connectivity index (χ2v) is 12.9. The summed E-state index contributed by atoms with van der Waals surface area (Å²) >= 11 is 1.80. The Hall–Kier alpha value is -2.69. The molecule has 0 radical (unpaired) electrons. The van der Waals surface area contributed by atoms with E-state index in [-0.39, 0.29) is 17.0 Å². The first kappa shape index (κ1) is 26.4. The van der Waals surface area contributed by atoms with Crippen LogP contribution in [0.4, 0.5) is 6.01 Å². The predicted molar refractivity (Wildman–Crippen MR) is 141 cm³/mol. The van der Waals surface area contributed by atoms with Crippen molar-refractivity contribution in [2.45, 2.75) is 73.5 Å². The van der Waals surface area contributed by atoms with Crippen molar-refractivity contribution in [3.63, 3.8) is 0 Å². The van der Waals surface area contributed by atoms with Crippen LogP contribution >= 0.6 is 11.8 Å². The van der Waals surface area contributed by atoms with E-state index in [0.717, 1.165) is 37.7 Å². The van der Waals surface area contributed by atoms with Gasteiger partial charge in [0.25, 0.3) is 5.91 Å². The lowest BCUT2D eigenvalue weighted by atomic mass is 9.96. The summed E-state index contributed by atoms with van der Waals surface area (Å²) in [6.07, 6.45) is 5.46. The fourth-order valence-electron chi connectivity index (χ4n) is 4.26. The minimum absolute atomic E-state index is 0.00397. The van der Waals surface area contributed by atoms with Crippen LogP contribution in [-0.2, 0) is 16.4 Å². The number of amides is 1. The van der Waals surface area contributed by atoms with Crippen molar-refractivity contribution in [3.05, 3.63) is 65.5 Å². The summed E-state index contributed by atoms with van der Waals surface area (Å²) in [5.41, 5.74) is 1.33. The number of hydrogen-bond donors (Lipinski definition) is 1. The summed E-state index contributed by atoms with van der Waals surface area (Å²) in [7, 11) is -1.98. The third kappa shape index (κ3) is 6.54. The molecule has 1 saturated carbocycles. The number of benzene rings is 2. The highest BCUT2D eigenvalue weighted by molar-refractivity contribution is 7.99. The maximum absolute atomic E-state index is 13.0.